The lowest BCUT2D eigenvalue weighted by atomic mass is 10.2. The van der Waals surface area contributed by atoms with E-state index in [0.717, 1.165) is 47.9 Å². The lowest BCUT2D eigenvalue weighted by Gasteiger charge is -1.95. The van der Waals surface area contributed by atoms with Crippen molar-refractivity contribution in [2.75, 3.05) is 5.84 Å². The molecule has 0 bridgehead atoms. The molecule has 15 nitrogen and oxygen atoms in total. The average Bonchev–Trinajstić information content (AvgIpc) is 3.70. The van der Waals surface area contributed by atoms with Crippen LogP contribution in [0.3, 0.4) is 0 Å². The number of benzene rings is 2. The Morgan fingerprint density at radius 3 is 1.71 bits per heavy atom. The fourth-order valence-electron chi connectivity index (χ4n) is 2.42. The lowest BCUT2D eigenvalue weighted by molar-refractivity contribution is -0.191. The van der Waals surface area contributed by atoms with Crippen molar-refractivity contribution in [3.05, 3.63) is 87.2 Å². The molecule has 0 saturated heterocycles. The fourth-order valence-corrected chi connectivity index (χ4v) is 4.11. The number of hydrogen-bond donors (Lipinski definition) is 7. The summed E-state index contributed by atoms with van der Waals surface area (Å²) in [5.74, 6) is 14.9. The number of carboxylic acid groups (broad SMARTS) is 1. The van der Waals surface area contributed by atoms with Gasteiger partial charge in [-0.2, -0.15) is 19.2 Å². The van der Waals surface area contributed by atoms with Crippen LogP contribution in [0, 0.1) is 13.8 Å². The predicted molar refractivity (Wildman–Crippen MR) is 208 cm³/mol. The normalized spacial score (nSPS) is 9.20. The molecule has 5 aromatic rings. The summed E-state index contributed by atoms with van der Waals surface area (Å²) in [4.78, 5) is 26.1. The van der Waals surface area contributed by atoms with Crippen LogP contribution in [0.15, 0.2) is 80.7 Å². The van der Waals surface area contributed by atoms with Crippen molar-refractivity contribution in [2.45, 2.75) is 25.8 Å². The maximum absolute atomic E-state index is 9.51. The van der Waals surface area contributed by atoms with Gasteiger partial charge in [-0.15, -0.1) is 22.8 Å². The molecule has 24 heteroatoms. The summed E-state index contributed by atoms with van der Waals surface area (Å²) in [6.45, 7) is 4.91. The molecule has 268 valence electrons. The second-order valence-electron chi connectivity index (χ2n) is 7.97. The van der Waals surface area contributed by atoms with Crippen LogP contribution in [0.1, 0.15) is 18.4 Å². The van der Waals surface area contributed by atoms with Crippen LogP contribution in [0.5, 0.6) is 0 Å². The number of nitrogen functional groups attached to an aromatic ring is 1. The highest BCUT2D eigenvalue weighted by Crippen LogP contribution is 2.61. The number of thiol groups is 1. The van der Waals surface area contributed by atoms with Crippen molar-refractivity contribution in [3.8, 4) is 10.6 Å². The Hall–Kier alpha value is -2.58. The summed E-state index contributed by atoms with van der Waals surface area (Å²) in [5, 5.41) is 18.6. The van der Waals surface area contributed by atoms with E-state index in [-0.39, 0.29) is 11.3 Å². The molecule has 0 saturated carbocycles. The summed E-state index contributed by atoms with van der Waals surface area (Å²) < 4.78 is 15.0. The molecule has 9 N–H and O–H groups in total. The number of hydrazine groups is 2. The molecule has 3 heterocycles. The topological polar surface area (TPSA) is 239 Å². The predicted octanol–water partition coefficient (Wildman–Crippen LogP) is 6.69. The second kappa shape index (κ2) is 27.2. The second-order valence-corrected chi connectivity index (χ2v) is 18.3. The molecule has 0 aliphatic rings. The van der Waals surface area contributed by atoms with E-state index < -0.39 is 11.2 Å². The van der Waals surface area contributed by atoms with Crippen LogP contribution in [-0.4, -0.2) is 46.8 Å². The number of nitrogens with zero attached hydrogens (tertiary/aromatic N) is 5. The van der Waals surface area contributed by atoms with Gasteiger partial charge >= 0.3 is 11.4 Å². The van der Waals surface area contributed by atoms with Gasteiger partial charge < -0.3 is 10.9 Å². The lowest BCUT2D eigenvalue weighted by Crippen LogP contribution is -2.43. The van der Waals surface area contributed by atoms with Crippen molar-refractivity contribution < 1.29 is 24.1 Å². The van der Waals surface area contributed by atoms with Gasteiger partial charge in [0.25, 0.3) is 5.97 Å². The van der Waals surface area contributed by atoms with Crippen molar-refractivity contribution in [1.82, 2.24) is 35.3 Å². The minimum absolute atomic E-state index is 0.231. The number of aryl methyl sites for hydroxylation is 2. The highest BCUT2D eigenvalue weighted by Gasteiger charge is 2.09. The highest BCUT2D eigenvalue weighted by atomic mass is 79.9. The quantitative estimate of drug-likeness (QED) is 0.0305. The highest BCUT2D eigenvalue weighted by molar-refractivity contribution is 9.10. The third kappa shape index (κ3) is 26.0. The molecule has 3 aromatic heterocycles. The van der Waals surface area contributed by atoms with E-state index in [2.05, 4.69) is 117 Å². The van der Waals surface area contributed by atoms with Gasteiger partial charge in [-0.3, -0.25) is 24.9 Å². The molecule has 49 heavy (non-hydrogen) atoms. The molecule has 0 amide bonds. The smallest absolute Gasteiger partial charge is 0.373 e. The zero-order valence-corrected chi connectivity index (χ0v) is 34.4. The number of hydrogen-bond acceptors (Lipinski definition) is 13. The summed E-state index contributed by atoms with van der Waals surface area (Å²) in [6.07, 6.45) is 0.250. The number of fused-ring (bicyclic) bond motifs is 1. The Labute approximate surface area is 327 Å². The molecule has 0 aliphatic carbocycles. The van der Waals surface area contributed by atoms with Gasteiger partial charge in [-0.1, -0.05) is 73.5 Å². The zero-order chi connectivity index (χ0) is 38.2. The van der Waals surface area contributed by atoms with E-state index in [1.54, 1.807) is 4.52 Å². The Morgan fingerprint density at radius 1 is 0.980 bits per heavy atom. The van der Waals surface area contributed by atoms with E-state index in [0.29, 0.717) is 0 Å². The largest absolute Gasteiger partial charge is 0.481 e. The van der Waals surface area contributed by atoms with Gasteiger partial charge in [0.05, 0.1) is 5.03 Å². The molecule has 0 atom stereocenters. The fraction of sp³-hybridized carbons (Fsp3) is 0.120. The number of carboxylic acids is 1. The van der Waals surface area contributed by atoms with Crippen LogP contribution < -0.4 is 28.4 Å². The molecule has 5 rings (SSSR count). The Bertz CT molecular complexity index is 1740. The van der Waals surface area contributed by atoms with Crippen LogP contribution in [0.2, 0.25) is 0 Å². The molecule has 0 unspecified atom stereocenters. The van der Waals surface area contributed by atoms with E-state index in [4.69, 9.17) is 37.0 Å². The number of thiocarbonyl (C=S) groups is 1. The minimum Gasteiger partial charge on any atom is -0.481 e. The molecule has 0 aliphatic heterocycles. The van der Waals surface area contributed by atoms with Gasteiger partial charge in [-0.05, 0) is 96.2 Å². The Morgan fingerprint density at radius 2 is 1.43 bits per heavy atom. The molecule has 0 fully saturated rings. The number of aromatic nitrogens is 5. The number of halogens is 5. The molecular formula is C25H30Br2Cl3N10O5PS3. The standard InChI is InChI=1S/C10H7BrN4S.C6H5Br.C5H8N2S.C2H4O2.CH6N4S.CO2.Cl3OP/c1-6-12-13-10-15(6)14-9(16-10)7-2-4-8(11)5-3-7;7-6-4-2-1-3-5-6;1-4-2-3-5(8)7(4)6;1-2(3)4;2-4-1(6)5-3;2-1-3;1-5(2,3)4/h2-5H,1H3;1-5H;2-3,8H,6H2,1H3;1H3,(H,3,4);2-3H2,(H2,4,5,6);;. The summed E-state index contributed by atoms with van der Waals surface area (Å²) in [5.41, 5.74) is 6.34. The van der Waals surface area contributed by atoms with Gasteiger partial charge in [0, 0.05) is 27.1 Å². The Balaban J connectivity index is 0. The SMILES string of the molecule is Brc1ccccc1.CC(=O)O.Cc1ccc(S)n1N.Cc1nnc2sc(-c3ccc(Br)cc3)nn12.NNC(=S)NN.O=C=O.O=P(Cl)(Cl)Cl. The van der Waals surface area contributed by atoms with Crippen molar-refractivity contribution >= 4 is 129 Å². The molecule has 0 radical (unpaired) electrons. The maximum atomic E-state index is 9.51. The van der Waals surface area contributed by atoms with Crippen LogP contribution >= 0.6 is 107 Å². The molecular weight excluding hydrogens is 914 g/mol. The minimum atomic E-state index is -3.22. The first-order chi connectivity index (χ1) is 22.8. The van der Waals surface area contributed by atoms with E-state index in [1.807, 2.05) is 80.6 Å². The maximum Gasteiger partial charge on any atom is 0.373 e. The number of aliphatic carboxylic acids is 1. The molecule has 2 aromatic carbocycles. The van der Waals surface area contributed by atoms with Crippen molar-refractivity contribution in [1.29, 1.82) is 0 Å². The van der Waals surface area contributed by atoms with Gasteiger partial charge in [-0.25, -0.2) is 11.7 Å². The number of rotatable bonds is 1. The molecule has 0 spiro atoms. The number of carbonyl (C=O) groups excluding carboxylic acids is 2. The Kier molecular flexibility index (Phi) is 26.9. The monoisotopic (exact) mass is 940 g/mol. The van der Waals surface area contributed by atoms with Crippen molar-refractivity contribution in [2.24, 2.45) is 11.7 Å². The first-order valence-corrected chi connectivity index (χ1v) is 20.1. The average molecular weight is 944 g/mol. The number of nitrogens with one attached hydrogen (secondary N) is 2. The van der Waals surface area contributed by atoms with Gasteiger partial charge in [0.2, 0.25) is 4.96 Å². The van der Waals surface area contributed by atoms with E-state index >= 15 is 0 Å². The third-order valence-corrected chi connectivity index (χ3v) is 6.94. The van der Waals surface area contributed by atoms with Gasteiger partial charge in [0.15, 0.2) is 10.9 Å². The number of carbonyl (C=O) groups is 1. The van der Waals surface area contributed by atoms with Crippen LogP contribution in [0.25, 0.3) is 15.5 Å². The zero-order valence-electron chi connectivity index (χ0n) is 25.5. The summed E-state index contributed by atoms with van der Waals surface area (Å²) >= 11 is 30.6. The van der Waals surface area contributed by atoms with Crippen LogP contribution in [0.4, 0.5) is 0 Å². The van der Waals surface area contributed by atoms with Crippen LogP contribution in [-0.2, 0) is 18.9 Å². The summed E-state index contributed by atoms with van der Waals surface area (Å²) in [6, 6.07) is 21.8. The summed E-state index contributed by atoms with van der Waals surface area (Å²) in [7, 11) is 0. The van der Waals surface area contributed by atoms with E-state index in [1.165, 1.54) is 16.0 Å². The number of nitrogens with two attached hydrogens (primary N) is 3. The van der Waals surface area contributed by atoms with E-state index in [9.17, 15) is 4.57 Å². The first kappa shape index (κ1) is 48.5. The van der Waals surface area contributed by atoms with Gasteiger partial charge in [0.1, 0.15) is 5.01 Å². The first-order valence-electron chi connectivity index (χ1n) is 12.4. The third-order valence-electron chi connectivity index (χ3n) is 4.33. The van der Waals surface area contributed by atoms with Crippen molar-refractivity contribution in [3.63, 3.8) is 0 Å².